The van der Waals surface area contributed by atoms with Gasteiger partial charge in [-0.15, -0.1) is 0 Å². The molecule has 0 N–H and O–H groups in total. The van der Waals surface area contributed by atoms with E-state index >= 15 is 0 Å². The van der Waals surface area contributed by atoms with Crippen LogP contribution in [0.3, 0.4) is 0 Å². The minimum absolute atomic E-state index is 0. The standard InChI is InChI=1S/C21H26N3.C13H18N3.2C8H12.2CH4/c1-15-12-16(2)19(17(3)13-15)23-11-10-22-14-18-8-6-7-9-24(18)21(4,5)20(22)23;1-13(2)12-14(3)8-9-15(12)10-11-6-4-5-7-16(11)13;2*1-2-4-6-8-7-5-3-1;;/h6-13,20H,14H2,1-5H3;4-9,12H,10H2,1-3H3;2*1-2,7-8H,3-6H2;2*1H4/q2*+1;;;;/b;;2*2-1-,8-7?;;. The van der Waals surface area contributed by atoms with Crippen molar-refractivity contribution in [1.82, 2.24) is 14.7 Å². The van der Waals surface area contributed by atoms with Gasteiger partial charge in [0.25, 0.3) is 0 Å². The minimum atomic E-state index is -0.0257. The summed E-state index contributed by atoms with van der Waals surface area (Å²) in [5.41, 5.74) is 8.17. The molecule has 6 heterocycles. The summed E-state index contributed by atoms with van der Waals surface area (Å²) in [6.45, 7) is 17.9. The number of hydrogen-bond acceptors (Lipinski definition) is 4. The molecule has 0 saturated carbocycles. The quantitative estimate of drug-likeness (QED) is 0.181. The van der Waals surface area contributed by atoms with Crippen LogP contribution in [0.25, 0.3) is 0 Å². The van der Waals surface area contributed by atoms with E-state index in [1.165, 1.54) is 85.1 Å². The first kappa shape index (κ1) is 45.9. The van der Waals surface area contributed by atoms with Crippen LogP contribution in [0.2, 0.25) is 0 Å². The summed E-state index contributed by atoms with van der Waals surface area (Å²) in [6, 6.07) is 17.5. The van der Waals surface area contributed by atoms with E-state index in [1.54, 1.807) is 0 Å². The molecular formula is C52H76N6+2. The molecule has 2 aliphatic carbocycles. The Kier molecular flexibility index (Phi) is 16.4. The number of pyridine rings is 2. The molecule has 2 unspecified atom stereocenters. The van der Waals surface area contributed by atoms with Crippen LogP contribution in [0.15, 0.2) is 134 Å². The molecule has 9 rings (SSSR count). The van der Waals surface area contributed by atoms with E-state index in [9.17, 15) is 0 Å². The van der Waals surface area contributed by atoms with Crippen molar-refractivity contribution >= 4 is 5.69 Å². The molecular weight excluding hydrogens is 709 g/mol. The van der Waals surface area contributed by atoms with Gasteiger partial charge in [-0.3, -0.25) is 0 Å². The van der Waals surface area contributed by atoms with Crippen molar-refractivity contribution in [3.8, 4) is 0 Å². The van der Waals surface area contributed by atoms with Gasteiger partial charge >= 0.3 is 0 Å². The lowest BCUT2D eigenvalue weighted by Crippen LogP contribution is -2.71. The van der Waals surface area contributed by atoms with Gasteiger partial charge in [0.15, 0.2) is 24.7 Å². The Bertz CT molecular complexity index is 1860. The molecule has 6 heteroatoms. The maximum atomic E-state index is 2.47. The Labute approximate surface area is 353 Å². The van der Waals surface area contributed by atoms with Gasteiger partial charge in [0.05, 0.1) is 0 Å². The molecule has 4 aliphatic heterocycles. The number of nitrogens with zero attached hydrogens (tertiary/aromatic N) is 6. The molecule has 2 aromatic heterocycles. The SMILES string of the molecule is C.C.C1=CCC/C=C\CC1.C1=CCC/C=C\CC1.CN1C=CN2Cc3cccc[n+]3C(C)(C)C12.Cc1cc(C)c(N2C=CN3Cc4cccc[n+]4C(C)(C)C32)c(C)c1. The second kappa shape index (κ2) is 20.7. The predicted molar refractivity (Wildman–Crippen MR) is 247 cm³/mol. The lowest BCUT2D eigenvalue weighted by molar-refractivity contribution is -0.780. The van der Waals surface area contributed by atoms with Crippen LogP contribution >= 0.6 is 0 Å². The van der Waals surface area contributed by atoms with E-state index in [0.29, 0.717) is 6.17 Å². The molecule has 6 aliphatic rings. The van der Waals surface area contributed by atoms with E-state index in [-0.39, 0.29) is 32.1 Å². The molecule has 0 spiro atoms. The van der Waals surface area contributed by atoms with Crippen LogP contribution in [0.1, 0.15) is 122 Å². The van der Waals surface area contributed by atoms with Crippen molar-refractivity contribution in [2.24, 2.45) is 0 Å². The number of aryl methyl sites for hydroxylation is 3. The zero-order chi connectivity index (χ0) is 39.7. The first-order chi connectivity index (χ1) is 27.0. The van der Waals surface area contributed by atoms with E-state index in [4.69, 9.17) is 0 Å². The normalized spacial score (nSPS) is 22.3. The molecule has 0 amide bonds. The second-order valence-corrected chi connectivity index (χ2v) is 17.1. The Balaban J connectivity index is 0.000000188. The number of rotatable bonds is 1. The Morgan fingerprint density at radius 2 is 0.897 bits per heavy atom. The van der Waals surface area contributed by atoms with Gasteiger partial charge in [-0.1, -0.05) is 93.3 Å². The van der Waals surface area contributed by atoms with Crippen LogP contribution in [0.5, 0.6) is 0 Å². The van der Waals surface area contributed by atoms with Crippen molar-refractivity contribution in [3.05, 3.63) is 162 Å². The van der Waals surface area contributed by atoms with Gasteiger partial charge in [-0.2, -0.15) is 9.13 Å². The number of aromatic nitrogens is 2. The van der Waals surface area contributed by atoms with Crippen LogP contribution in [-0.4, -0.2) is 34.1 Å². The number of allylic oxidation sites excluding steroid dienone is 8. The van der Waals surface area contributed by atoms with Gasteiger partial charge in [0.2, 0.25) is 22.5 Å². The van der Waals surface area contributed by atoms with Gasteiger partial charge in [-0.25, -0.2) is 0 Å². The van der Waals surface area contributed by atoms with Crippen LogP contribution in [-0.2, 0) is 24.2 Å². The highest BCUT2D eigenvalue weighted by Gasteiger charge is 2.52. The van der Waals surface area contributed by atoms with Gasteiger partial charge in [0.1, 0.15) is 13.1 Å². The second-order valence-electron chi connectivity index (χ2n) is 17.1. The Hall–Kier alpha value is -4.84. The van der Waals surface area contributed by atoms with E-state index < -0.39 is 0 Å². The van der Waals surface area contributed by atoms with Crippen molar-refractivity contribution in [2.45, 2.75) is 151 Å². The first-order valence-corrected chi connectivity index (χ1v) is 21.1. The average molecular weight is 785 g/mol. The third-order valence-corrected chi connectivity index (χ3v) is 11.8. The lowest BCUT2D eigenvalue weighted by Gasteiger charge is -2.43. The molecule has 0 bridgehead atoms. The van der Waals surface area contributed by atoms with Crippen molar-refractivity contribution in [3.63, 3.8) is 0 Å². The average Bonchev–Trinajstić information content (AvgIpc) is 3.72. The molecule has 58 heavy (non-hydrogen) atoms. The maximum Gasteiger partial charge on any atom is 0.201 e. The van der Waals surface area contributed by atoms with Crippen LogP contribution < -0.4 is 14.0 Å². The molecule has 0 fully saturated rings. The predicted octanol–water partition coefficient (Wildman–Crippen LogP) is 11.7. The third kappa shape index (κ3) is 10.4. The highest BCUT2D eigenvalue weighted by atomic mass is 15.4. The molecule has 0 radical (unpaired) electrons. The topological polar surface area (TPSA) is 20.7 Å². The van der Waals surface area contributed by atoms with Crippen LogP contribution in [0, 0.1) is 20.8 Å². The summed E-state index contributed by atoms with van der Waals surface area (Å²) < 4.78 is 4.84. The zero-order valence-electron chi connectivity index (χ0n) is 35.6. The van der Waals surface area contributed by atoms with Crippen molar-refractivity contribution in [1.29, 1.82) is 0 Å². The molecule has 0 saturated heterocycles. The number of likely N-dealkylation sites (N-methyl/N-ethyl adjacent to an activating group) is 1. The fraction of sp³-hybridized carbons (Fsp3) is 0.462. The fourth-order valence-electron chi connectivity index (χ4n) is 9.45. The molecule has 3 aromatic rings. The van der Waals surface area contributed by atoms with E-state index in [1.807, 2.05) is 0 Å². The zero-order valence-corrected chi connectivity index (χ0v) is 35.6. The summed E-state index contributed by atoms with van der Waals surface area (Å²) in [5, 5.41) is 0. The van der Waals surface area contributed by atoms with Crippen LogP contribution in [0.4, 0.5) is 5.69 Å². The largest absolute Gasteiger partial charge is 0.353 e. The number of anilines is 1. The summed E-state index contributed by atoms with van der Waals surface area (Å²) in [4.78, 5) is 9.64. The first-order valence-electron chi connectivity index (χ1n) is 21.1. The Morgan fingerprint density at radius 1 is 0.517 bits per heavy atom. The van der Waals surface area contributed by atoms with Crippen molar-refractivity contribution in [2.75, 3.05) is 11.9 Å². The number of benzene rings is 1. The van der Waals surface area contributed by atoms with Gasteiger partial charge < -0.3 is 19.6 Å². The monoisotopic (exact) mass is 785 g/mol. The highest BCUT2D eigenvalue weighted by molar-refractivity contribution is 5.63. The molecule has 6 nitrogen and oxygen atoms in total. The van der Waals surface area contributed by atoms with Gasteiger partial charge in [0, 0.05) is 89.5 Å². The molecule has 2 atom stereocenters. The van der Waals surface area contributed by atoms with E-state index in [2.05, 4.69) is 219 Å². The van der Waals surface area contributed by atoms with Crippen molar-refractivity contribution < 1.29 is 9.13 Å². The number of hydrogen-bond donors (Lipinski definition) is 0. The van der Waals surface area contributed by atoms with E-state index in [0.717, 1.165) is 13.1 Å². The van der Waals surface area contributed by atoms with Gasteiger partial charge in [-0.05, 0) is 83.3 Å². The minimum Gasteiger partial charge on any atom is -0.353 e. The summed E-state index contributed by atoms with van der Waals surface area (Å²) >= 11 is 0. The molecule has 1 aromatic carbocycles. The molecule has 312 valence electrons. The fourth-order valence-corrected chi connectivity index (χ4v) is 9.45. The summed E-state index contributed by atoms with van der Waals surface area (Å²) in [5.74, 6) is 0. The summed E-state index contributed by atoms with van der Waals surface area (Å²) in [6.07, 6.45) is 42.0. The summed E-state index contributed by atoms with van der Waals surface area (Å²) in [7, 11) is 2.15. The maximum absolute atomic E-state index is 2.47. The third-order valence-electron chi connectivity index (χ3n) is 11.8. The lowest BCUT2D eigenvalue weighted by atomic mass is 9.93. The highest BCUT2D eigenvalue weighted by Crippen LogP contribution is 2.39. The number of fused-ring (bicyclic) bond motifs is 4. The Morgan fingerprint density at radius 3 is 1.33 bits per heavy atom. The smallest absolute Gasteiger partial charge is 0.201 e.